The fourth-order valence-corrected chi connectivity index (χ4v) is 6.30. The van der Waals surface area contributed by atoms with Gasteiger partial charge in [0.05, 0.1) is 13.4 Å². The number of piperazine rings is 1. The van der Waals surface area contributed by atoms with Gasteiger partial charge in [-0.1, -0.05) is 36.4 Å². The van der Waals surface area contributed by atoms with Gasteiger partial charge in [0, 0.05) is 43.7 Å². The van der Waals surface area contributed by atoms with Crippen LogP contribution in [0, 0.1) is 5.82 Å². The highest BCUT2D eigenvalue weighted by molar-refractivity contribution is 7.88. The maximum atomic E-state index is 13.6. The summed E-state index contributed by atoms with van der Waals surface area (Å²) in [5.74, 6) is 0.195. The van der Waals surface area contributed by atoms with Gasteiger partial charge in [0.2, 0.25) is 15.9 Å². The SMILES string of the molecule is COc1ccc(-c2ccc(C(=O)N[C@@H](CCN[C@H]3C[C@@H]3c3ccc(F)cc3)C(=O)N3CCN(S(C)(=O)=O)CC3)cc2)cc1. The minimum atomic E-state index is -3.34. The topological polar surface area (TPSA) is 108 Å². The number of benzene rings is 3. The summed E-state index contributed by atoms with van der Waals surface area (Å²) in [4.78, 5) is 28.5. The number of carbonyl (C=O) groups excluding carboxylic acids is 2. The summed E-state index contributed by atoms with van der Waals surface area (Å²) < 4.78 is 43.7. The lowest BCUT2D eigenvalue weighted by molar-refractivity contribution is -0.134. The molecule has 2 aliphatic rings. The van der Waals surface area contributed by atoms with Gasteiger partial charge in [0.15, 0.2) is 0 Å². The normalized spacial score (nSPS) is 19.5. The molecule has 0 radical (unpaired) electrons. The number of hydrogen-bond donors (Lipinski definition) is 2. The highest BCUT2D eigenvalue weighted by Crippen LogP contribution is 2.40. The van der Waals surface area contributed by atoms with Crippen molar-refractivity contribution < 1.29 is 27.1 Å². The van der Waals surface area contributed by atoms with Gasteiger partial charge >= 0.3 is 0 Å². The Morgan fingerprint density at radius 3 is 2.12 bits per heavy atom. The number of nitrogens with one attached hydrogen (secondary N) is 2. The molecule has 1 aliphatic carbocycles. The van der Waals surface area contributed by atoms with E-state index in [2.05, 4.69) is 10.6 Å². The molecular formula is C32H37FN4O5S. The zero-order valence-corrected chi connectivity index (χ0v) is 25.1. The summed E-state index contributed by atoms with van der Waals surface area (Å²) >= 11 is 0. The summed E-state index contributed by atoms with van der Waals surface area (Å²) in [7, 11) is -1.72. The molecule has 1 saturated carbocycles. The van der Waals surface area contributed by atoms with Gasteiger partial charge in [-0.3, -0.25) is 9.59 Å². The predicted molar refractivity (Wildman–Crippen MR) is 163 cm³/mol. The van der Waals surface area contributed by atoms with E-state index in [-0.39, 0.29) is 55.8 Å². The molecule has 3 aromatic carbocycles. The Balaban J connectivity index is 1.22. The molecule has 0 bridgehead atoms. The van der Waals surface area contributed by atoms with Crippen LogP contribution in [-0.2, 0) is 14.8 Å². The Kier molecular flexibility index (Phi) is 9.43. The van der Waals surface area contributed by atoms with E-state index in [1.165, 1.54) is 16.4 Å². The standard InChI is InChI=1S/C32H37FN4O5S/c1-42-27-13-9-23(10-14-27)22-3-5-25(6-4-22)31(38)35-29(32(39)36-17-19-37(20-18-36)43(2,40)41)15-16-34-30-21-28(30)24-7-11-26(33)12-8-24/h3-14,28-30,34H,15-21H2,1-2H3,(H,35,38)/t28-,29+,30+/m1/s1. The molecule has 9 nitrogen and oxygen atoms in total. The first-order valence-corrected chi connectivity index (χ1v) is 16.3. The van der Waals surface area contributed by atoms with Crippen LogP contribution in [0.15, 0.2) is 72.8 Å². The fraction of sp³-hybridized carbons (Fsp3) is 0.375. The largest absolute Gasteiger partial charge is 0.497 e. The van der Waals surface area contributed by atoms with Crippen molar-refractivity contribution in [3.05, 3.63) is 89.7 Å². The number of hydrogen-bond acceptors (Lipinski definition) is 6. The highest BCUT2D eigenvalue weighted by atomic mass is 32.2. The molecule has 3 atom stereocenters. The van der Waals surface area contributed by atoms with Gasteiger partial charge in [-0.25, -0.2) is 12.8 Å². The molecule has 1 heterocycles. The summed E-state index contributed by atoms with van der Waals surface area (Å²) in [5, 5.41) is 6.40. The molecule has 2 fully saturated rings. The van der Waals surface area contributed by atoms with Crippen LogP contribution in [0.5, 0.6) is 5.75 Å². The molecule has 0 aromatic heterocycles. The van der Waals surface area contributed by atoms with Crippen LogP contribution in [0.2, 0.25) is 0 Å². The van der Waals surface area contributed by atoms with E-state index in [0.29, 0.717) is 18.5 Å². The van der Waals surface area contributed by atoms with E-state index in [4.69, 9.17) is 4.74 Å². The molecule has 2 N–H and O–H groups in total. The average molecular weight is 609 g/mol. The molecule has 1 aliphatic heterocycles. The first-order chi connectivity index (χ1) is 20.6. The Bertz CT molecular complexity index is 1520. The number of ether oxygens (including phenoxy) is 1. The van der Waals surface area contributed by atoms with Gasteiger partial charge < -0.3 is 20.3 Å². The number of sulfonamides is 1. The second-order valence-corrected chi connectivity index (χ2v) is 13.0. The molecule has 11 heteroatoms. The van der Waals surface area contributed by atoms with Gasteiger partial charge in [0.1, 0.15) is 17.6 Å². The van der Waals surface area contributed by atoms with E-state index in [9.17, 15) is 22.4 Å². The monoisotopic (exact) mass is 608 g/mol. The molecule has 5 rings (SSSR count). The van der Waals surface area contributed by atoms with E-state index in [1.807, 2.05) is 36.4 Å². The van der Waals surface area contributed by atoms with Gasteiger partial charge in [-0.05, 0) is 72.5 Å². The van der Waals surface area contributed by atoms with E-state index in [1.54, 1.807) is 36.3 Å². The molecule has 228 valence electrons. The maximum absolute atomic E-state index is 13.6. The van der Waals surface area contributed by atoms with Crippen LogP contribution in [0.3, 0.4) is 0 Å². The third kappa shape index (κ3) is 7.78. The van der Waals surface area contributed by atoms with Crippen molar-refractivity contribution in [2.24, 2.45) is 0 Å². The number of rotatable bonds is 11. The minimum Gasteiger partial charge on any atom is -0.497 e. The number of carbonyl (C=O) groups is 2. The van der Waals surface area contributed by atoms with Crippen molar-refractivity contribution in [1.82, 2.24) is 19.8 Å². The molecule has 0 spiro atoms. The van der Waals surface area contributed by atoms with Crippen LogP contribution in [-0.4, -0.2) is 87.6 Å². The second-order valence-electron chi connectivity index (χ2n) is 11.1. The smallest absolute Gasteiger partial charge is 0.251 e. The van der Waals surface area contributed by atoms with Crippen LogP contribution in [0.25, 0.3) is 11.1 Å². The molecular weight excluding hydrogens is 571 g/mol. The first-order valence-electron chi connectivity index (χ1n) is 14.4. The van der Waals surface area contributed by atoms with Crippen LogP contribution >= 0.6 is 0 Å². The van der Waals surface area contributed by atoms with Crippen molar-refractivity contribution in [2.45, 2.75) is 30.8 Å². The van der Waals surface area contributed by atoms with Gasteiger partial charge in [-0.15, -0.1) is 0 Å². The molecule has 1 saturated heterocycles. The quantitative estimate of drug-likeness (QED) is 0.346. The number of nitrogens with zero attached hydrogens (tertiary/aromatic N) is 2. The predicted octanol–water partition coefficient (Wildman–Crippen LogP) is 3.24. The van der Waals surface area contributed by atoms with Crippen molar-refractivity contribution in [1.29, 1.82) is 0 Å². The Morgan fingerprint density at radius 1 is 0.930 bits per heavy atom. The van der Waals surface area contributed by atoms with Crippen molar-refractivity contribution in [3.63, 3.8) is 0 Å². The highest BCUT2D eigenvalue weighted by Gasteiger charge is 2.38. The summed E-state index contributed by atoms with van der Waals surface area (Å²) in [6.07, 6.45) is 2.45. The van der Waals surface area contributed by atoms with Crippen molar-refractivity contribution >= 4 is 21.8 Å². The second kappa shape index (κ2) is 13.2. The van der Waals surface area contributed by atoms with Gasteiger partial charge in [-0.2, -0.15) is 4.31 Å². The molecule has 43 heavy (non-hydrogen) atoms. The summed E-state index contributed by atoms with van der Waals surface area (Å²) in [6, 6.07) is 20.8. The van der Waals surface area contributed by atoms with Crippen LogP contribution in [0.4, 0.5) is 4.39 Å². The average Bonchev–Trinajstić information content (AvgIpc) is 3.79. The third-order valence-electron chi connectivity index (χ3n) is 8.12. The van der Waals surface area contributed by atoms with Crippen molar-refractivity contribution in [2.75, 3.05) is 46.1 Å². The lowest BCUT2D eigenvalue weighted by Crippen LogP contribution is -2.56. The summed E-state index contributed by atoms with van der Waals surface area (Å²) in [6.45, 7) is 1.46. The lowest BCUT2D eigenvalue weighted by atomic mass is 10.0. The van der Waals surface area contributed by atoms with Crippen LogP contribution < -0.4 is 15.4 Å². The van der Waals surface area contributed by atoms with E-state index in [0.717, 1.165) is 35.1 Å². The third-order valence-corrected chi connectivity index (χ3v) is 9.42. The van der Waals surface area contributed by atoms with Crippen LogP contribution in [0.1, 0.15) is 34.7 Å². The minimum absolute atomic E-state index is 0.220. The zero-order chi connectivity index (χ0) is 30.6. The summed E-state index contributed by atoms with van der Waals surface area (Å²) in [5.41, 5.74) is 3.43. The number of methoxy groups -OCH3 is 1. The zero-order valence-electron chi connectivity index (χ0n) is 24.3. The Hall–Kier alpha value is -3.80. The molecule has 3 aromatic rings. The van der Waals surface area contributed by atoms with Gasteiger partial charge in [0.25, 0.3) is 5.91 Å². The molecule has 0 unspecified atom stereocenters. The lowest BCUT2D eigenvalue weighted by Gasteiger charge is -2.35. The van der Waals surface area contributed by atoms with E-state index < -0.39 is 16.1 Å². The van der Waals surface area contributed by atoms with Crippen molar-refractivity contribution in [3.8, 4) is 16.9 Å². The maximum Gasteiger partial charge on any atom is 0.251 e. The first kappa shape index (κ1) is 30.7. The number of amides is 2. The van der Waals surface area contributed by atoms with E-state index >= 15 is 0 Å². The fourth-order valence-electron chi connectivity index (χ4n) is 5.47. The Morgan fingerprint density at radius 2 is 1.53 bits per heavy atom. The molecule has 2 amide bonds. The number of halogens is 1. The Labute approximate surface area is 252 Å².